The number of carbonyl (C=O) groups is 1. The minimum absolute atomic E-state index is 0.0253. The van der Waals surface area contributed by atoms with Crippen molar-refractivity contribution in [1.29, 1.82) is 0 Å². The van der Waals surface area contributed by atoms with Crippen LogP contribution in [0.25, 0.3) is 0 Å². The Morgan fingerprint density at radius 3 is 2.78 bits per heavy atom. The van der Waals surface area contributed by atoms with Crippen LogP contribution in [-0.4, -0.2) is 12.0 Å². The van der Waals surface area contributed by atoms with E-state index >= 15 is 0 Å². The summed E-state index contributed by atoms with van der Waals surface area (Å²) in [6.45, 7) is 2.02. The molecule has 0 aromatic heterocycles. The Labute approximate surface area is 60.1 Å². The normalized spacial score (nSPS) is 9.11. The van der Waals surface area contributed by atoms with E-state index in [0.717, 1.165) is 12.8 Å². The topological polar surface area (TPSA) is 26.3 Å². The van der Waals surface area contributed by atoms with Gasteiger partial charge in [-0.1, -0.05) is 24.9 Å². The smallest absolute Gasteiger partial charge is 0.306 e. The Bertz CT molecular complexity index is 83.1. The predicted octanol–water partition coefficient (Wildman–Crippen LogP) is 1.92. The van der Waals surface area contributed by atoms with E-state index in [2.05, 4.69) is 4.74 Å². The van der Waals surface area contributed by atoms with Crippen LogP contribution in [0.5, 0.6) is 0 Å². The zero-order valence-electron chi connectivity index (χ0n) is 5.52. The van der Waals surface area contributed by atoms with E-state index in [4.69, 9.17) is 11.6 Å². The lowest BCUT2D eigenvalue weighted by Crippen LogP contribution is -2.01. The van der Waals surface area contributed by atoms with Crippen LogP contribution in [0.15, 0.2) is 0 Å². The number of esters is 1. The fourth-order valence-electron chi connectivity index (χ4n) is 0.454. The summed E-state index contributed by atoms with van der Waals surface area (Å²) in [5, 5.41) is 0. The molecule has 0 bridgehead atoms. The molecule has 0 saturated heterocycles. The van der Waals surface area contributed by atoms with Gasteiger partial charge in [0.15, 0.2) is 6.07 Å². The fourth-order valence-corrected chi connectivity index (χ4v) is 0.576. The molecule has 0 saturated carbocycles. The van der Waals surface area contributed by atoms with E-state index in [1.54, 1.807) is 0 Å². The van der Waals surface area contributed by atoms with Gasteiger partial charge in [-0.25, -0.2) is 0 Å². The van der Waals surface area contributed by atoms with Crippen molar-refractivity contribution >= 4 is 17.6 Å². The molecule has 0 spiro atoms. The maximum absolute atomic E-state index is 10.5. The van der Waals surface area contributed by atoms with Gasteiger partial charge in [0, 0.05) is 6.42 Å². The van der Waals surface area contributed by atoms with Crippen LogP contribution in [0.2, 0.25) is 0 Å². The zero-order valence-corrected chi connectivity index (χ0v) is 6.28. The first-order chi connectivity index (χ1) is 4.31. The van der Waals surface area contributed by atoms with Gasteiger partial charge in [-0.2, -0.15) is 0 Å². The van der Waals surface area contributed by atoms with E-state index in [0.29, 0.717) is 6.42 Å². The van der Waals surface area contributed by atoms with Crippen LogP contribution in [0.4, 0.5) is 0 Å². The Hall–Kier alpha value is -0.240. The SMILES string of the molecule is CCCCC(=O)OCCl. The first kappa shape index (κ1) is 8.76. The highest BCUT2D eigenvalue weighted by molar-refractivity contribution is 6.17. The maximum Gasteiger partial charge on any atom is 0.306 e. The second-order valence-electron chi connectivity index (χ2n) is 1.73. The third-order valence-electron chi connectivity index (χ3n) is 0.950. The lowest BCUT2D eigenvalue weighted by atomic mass is 10.3. The zero-order chi connectivity index (χ0) is 7.11. The average Bonchev–Trinajstić information content (AvgIpc) is 1.85. The van der Waals surface area contributed by atoms with Crippen molar-refractivity contribution in [3.05, 3.63) is 0 Å². The number of rotatable bonds is 4. The molecule has 0 aliphatic rings. The van der Waals surface area contributed by atoms with E-state index in [9.17, 15) is 4.79 Å². The van der Waals surface area contributed by atoms with Crippen LogP contribution >= 0.6 is 11.6 Å². The second-order valence-corrected chi connectivity index (χ2v) is 1.95. The lowest BCUT2D eigenvalue weighted by molar-refractivity contribution is -0.141. The Balaban J connectivity index is 3.06. The van der Waals surface area contributed by atoms with Gasteiger partial charge in [-0.3, -0.25) is 4.79 Å². The molecule has 9 heavy (non-hydrogen) atoms. The molecule has 2 nitrogen and oxygen atoms in total. The molecule has 0 aromatic carbocycles. The van der Waals surface area contributed by atoms with Crippen LogP contribution in [0.1, 0.15) is 26.2 Å². The highest BCUT2D eigenvalue weighted by atomic mass is 35.5. The summed E-state index contributed by atoms with van der Waals surface area (Å²) < 4.78 is 4.47. The molecule has 0 atom stereocenters. The van der Waals surface area contributed by atoms with Crippen molar-refractivity contribution in [2.75, 3.05) is 6.07 Å². The number of carbonyl (C=O) groups excluding carboxylic acids is 1. The van der Waals surface area contributed by atoms with Gasteiger partial charge in [0.1, 0.15) is 0 Å². The number of halogens is 1. The molecule has 0 fully saturated rings. The first-order valence-corrected chi connectivity index (χ1v) is 3.56. The molecule has 54 valence electrons. The van der Waals surface area contributed by atoms with Crippen LogP contribution < -0.4 is 0 Å². The van der Waals surface area contributed by atoms with Crippen LogP contribution in [0, 0.1) is 0 Å². The van der Waals surface area contributed by atoms with Gasteiger partial charge in [0.05, 0.1) is 0 Å². The molecule has 0 rings (SSSR count). The Morgan fingerprint density at radius 2 is 2.33 bits per heavy atom. The molecule has 0 aliphatic heterocycles. The molecule has 0 unspecified atom stereocenters. The van der Waals surface area contributed by atoms with Gasteiger partial charge in [0.25, 0.3) is 0 Å². The summed E-state index contributed by atoms with van der Waals surface area (Å²) in [6.07, 6.45) is 2.39. The maximum atomic E-state index is 10.5. The summed E-state index contributed by atoms with van der Waals surface area (Å²) >= 11 is 5.13. The van der Waals surface area contributed by atoms with E-state index in [1.165, 1.54) is 0 Å². The second kappa shape index (κ2) is 5.89. The van der Waals surface area contributed by atoms with E-state index < -0.39 is 0 Å². The average molecular weight is 151 g/mol. The van der Waals surface area contributed by atoms with Gasteiger partial charge >= 0.3 is 5.97 Å². The Morgan fingerprint density at radius 1 is 1.67 bits per heavy atom. The van der Waals surface area contributed by atoms with Crippen LogP contribution in [0.3, 0.4) is 0 Å². The number of hydrogen-bond acceptors (Lipinski definition) is 2. The van der Waals surface area contributed by atoms with Gasteiger partial charge in [0.2, 0.25) is 0 Å². The highest BCUT2D eigenvalue weighted by Gasteiger charge is 1.98. The van der Waals surface area contributed by atoms with Gasteiger partial charge in [-0.05, 0) is 6.42 Å². The summed E-state index contributed by atoms with van der Waals surface area (Å²) in [5.74, 6) is -0.202. The van der Waals surface area contributed by atoms with E-state index in [-0.39, 0.29) is 12.0 Å². The van der Waals surface area contributed by atoms with Crippen molar-refractivity contribution in [2.45, 2.75) is 26.2 Å². The number of ether oxygens (including phenoxy) is 1. The van der Waals surface area contributed by atoms with Crippen LogP contribution in [-0.2, 0) is 9.53 Å². The largest absolute Gasteiger partial charge is 0.449 e. The first-order valence-electron chi connectivity index (χ1n) is 3.02. The monoisotopic (exact) mass is 150 g/mol. The summed E-state index contributed by atoms with van der Waals surface area (Å²) in [6, 6.07) is -0.0253. The molecule has 3 heteroatoms. The fraction of sp³-hybridized carbons (Fsp3) is 0.833. The molecule has 0 aromatic rings. The molecule has 0 N–H and O–H groups in total. The molecule has 0 aliphatic carbocycles. The van der Waals surface area contributed by atoms with Crippen molar-refractivity contribution in [3.8, 4) is 0 Å². The van der Waals surface area contributed by atoms with Gasteiger partial charge < -0.3 is 4.74 Å². The third kappa shape index (κ3) is 5.63. The molecule has 0 amide bonds. The quantitative estimate of drug-likeness (QED) is 0.452. The molecular formula is C6H11ClO2. The number of alkyl halides is 1. The van der Waals surface area contributed by atoms with E-state index in [1.807, 2.05) is 6.92 Å². The minimum Gasteiger partial charge on any atom is -0.449 e. The molecule has 0 heterocycles. The summed E-state index contributed by atoms with van der Waals surface area (Å²) in [5.41, 5.74) is 0. The number of unbranched alkanes of at least 4 members (excludes halogenated alkanes) is 1. The summed E-state index contributed by atoms with van der Waals surface area (Å²) in [4.78, 5) is 10.5. The third-order valence-corrected chi connectivity index (χ3v) is 1.06. The lowest BCUT2D eigenvalue weighted by Gasteiger charge is -1.96. The van der Waals surface area contributed by atoms with Crippen molar-refractivity contribution < 1.29 is 9.53 Å². The summed E-state index contributed by atoms with van der Waals surface area (Å²) in [7, 11) is 0. The predicted molar refractivity (Wildman–Crippen MR) is 36.3 cm³/mol. The standard InChI is InChI=1S/C6H11ClO2/c1-2-3-4-6(8)9-5-7/h2-5H2,1H3. The number of hydrogen-bond donors (Lipinski definition) is 0. The molecule has 0 radical (unpaired) electrons. The Kier molecular flexibility index (Phi) is 5.73. The minimum atomic E-state index is -0.202. The highest BCUT2D eigenvalue weighted by Crippen LogP contribution is 1.96. The molecular weight excluding hydrogens is 140 g/mol. The van der Waals surface area contributed by atoms with Crippen molar-refractivity contribution in [1.82, 2.24) is 0 Å². The van der Waals surface area contributed by atoms with Crippen molar-refractivity contribution in [3.63, 3.8) is 0 Å². The van der Waals surface area contributed by atoms with Crippen molar-refractivity contribution in [2.24, 2.45) is 0 Å². The van der Waals surface area contributed by atoms with Gasteiger partial charge in [-0.15, -0.1) is 0 Å².